The van der Waals surface area contributed by atoms with Crippen molar-refractivity contribution in [3.8, 4) is 0 Å². The first-order valence-electron chi connectivity index (χ1n) is 7.46. The summed E-state index contributed by atoms with van der Waals surface area (Å²) in [6.07, 6.45) is 1.82. The molecule has 6 heteroatoms. The number of carbonyl (C=O) groups is 2. The van der Waals surface area contributed by atoms with Crippen LogP contribution >= 0.6 is 0 Å². The molecule has 0 aliphatic rings. The van der Waals surface area contributed by atoms with Crippen LogP contribution in [0.5, 0.6) is 0 Å². The van der Waals surface area contributed by atoms with Crippen molar-refractivity contribution in [2.75, 3.05) is 39.6 Å². The van der Waals surface area contributed by atoms with Crippen LogP contribution in [-0.4, -0.2) is 51.6 Å². The summed E-state index contributed by atoms with van der Waals surface area (Å²) in [4.78, 5) is 23.7. The van der Waals surface area contributed by atoms with Crippen molar-refractivity contribution in [1.82, 2.24) is 0 Å². The van der Waals surface area contributed by atoms with E-state index in [9.17, 15) is 9.59 Å². The maximum Gasteiger partial charge on any atom is 0.322 e. The maximum atomic E-state index is 11.9. The van der Waals surface area contributed by atoms with E-state index in [4.69, 9.17) is 18.9 Å². The summed E-state index contributed by atoms with van der Waals surface area (Å²) in [6, 6.07) is 0. The van der Waals surface area contributed by atoms with Crippen LogP contribution < -0.4 is 0 Å². The largest absolute Gasteiger partial charge is 0.462 e. The van der Waals surface area contributed by atoms with E-state index >= 15 is 0 Å². The predicted molar refractivity (Wildman–Crippen MR) is 77.9 cm³/mol. The van der Waals surface area contributed by atoms with Crippen molar-refractivity contribution in [3.05, 3.63) is 0 Å². The molecule has 0 unspecified atom stereocenters. The molecule has 0 saturated carbocycles. The highest BCUT2D eigenvalue weighted by Crippen LogP contribution is 2.19. The first-order chi connectivity index (χ1) is 9.96. The molecule has 21 heavy (non-hydrogen) atoms. The van der Waals surface area contributed by atoms with E-state index in [1.807, 2.05) is 13.8 Å². The zero-order valence-corrected chi connectivity index (χ0v) is 13.6. The van der Waals surface area contributed by atoms with Crippen molar-refractivity contribution in [3.63, 3.8) is 0 Å². The molecule has 0 aromatic heterocycles. The fourth-order valence-corrected chi connectivity index (χ4v) is 1.32. The Morgan fingerprint density at radius 2 is 1.10 bits per heavy atom. The third-order valence-corrected chi connectivity index (χ3v) is 2.64. The lowest BCUT2D eigenvalue weighted by atomic mass is 9.94. The lowest BCUT2D eigenvalue weighted by Gasteiger charge is -2.20. The van der Waals surface area contributed by atoms with E-state index in [2.05, 4.69) is 0 Å². The molecule has 0 saturated heterocycles. The molecular weight excluding hydrogens is 276 g/mol. The highest BCUT2D eigenvalue weighted by molar-refractivity contribution is 5.99. The number of ether oxygens (including phenoxy) is 4. The fraction of sp³-hybridized carbons (Fsp3) is 0.867. The smallest absolute Gasteiger partial charge is 0.322 e. The lowest BCUT2D eigenvalue weighted by molar-refractivity contribution is -0.171. The monoisotopic (exact) mass is 304 g/mol. The van der Waals surface area contributed by atoms with Crippen molar-refractivity contribution < 1.29 is 28.5 Å². The maximum absolute atomic E-state index is 11.9. The molecule has 0 aromatic rings. The summed E-state index contributed by atoms with van der Waals surface area (Å²) in [6.45, 7) is 9.14. The minimum absolute atomic E-state index is 0.134. The molecule has 0 spiro atoms. The van der Waals surface area contributed by atoms with Crippen LogP contribution in [0.15, 0.2) is 0 Å². The van der Waals surface area contributed by atoms with Crippen LogP contribution in [0.3, 0.4) is 0 Å². The van der Waals surface area contributed by atoms with Crippen molar-refractivity contribution in [1.29, 1.82) is 0 Å². The molecule has 0 aliphatic carbocycles. The number of hydrogen-bond donors (Lipinski definition) is 0. The van der Waals surface area contributed by atoms with E-state index in [-0.39, 0.29) is 13.2 Å². The van der Waals surface area contributed by atoms with Crippen molar-refractivity contribution in [2.45, 2.75) is 40.5 Å². The predicted octanol–water partition coefficient (Wildman–Crippen LogP) is 1.95. The number of hydrogen-bond acceptors (Lipinski definition) is 6. The van der Waals surface area contributed by atoms with Gasteiger partial charge in [0.05, 0.1) is 13.2 Å². The third-order valence-electron chi connectivity index (χ3n) is 2.64. The van der Waals surface area contributed by atoms with Crippen molar-refractivity contribution >= 4 is 11.9 Å². The van der Waals surface area contributed by atoms with Gasteiger partial charge in [-0.1, -0.05) is 13.8 Å². The summed E-state index contributed by atoms with van der Waals surface area (Å²) >= 11 is 0. The average Bonchev–Trinajstić information content (AvgIpc) is 2.46. The Morgan fingerprint density at radius 3 is 1.43 bits per heavy atom. The molecule has 0 aliphatic heterocycles. The summed E-state index contributed by atoms with van der Waals surface area (Å²) in [5.41, 5.74) is -1.32. The van der Waals surface area contributed by atoms with Crippen LogP contribution in [0.4, 0.5) is 0 Å². The van der Waals surface area contributed by atoms with Gasteiger partial charge in [0.1, 0.15) is 13.2 Å². The Labute approximate surface area is 127 Å². The highest BCUT2D eigenvalue weighted by atomic mass is 16.6. The van der Waals surface area contributed by atoms with Gasteiger partial charge in [-0.05, 0) is 26.7 Å². The Morgan fingerprint density at radius 1 is 0.714 bits per heavy atom. The van der Waals surface area contributed by atoms with E-state index in [1.165, 1.54) is 13.8 Å². The molecular formula is C15H28O6. The molecule has 0 bridgehead atoms. The van der Waals surface area contributed by atoms with Gasteiger partial charge >= 0.3 is 11.9 Å². The molecule has 0 N–H and O–H groups in total. The van der Waals surface area contributed by atoms with Gasteiger partial charge in [0, 0.05) is 13.2 Å². The minimum atomic E-state index is -1.32. The zero-order chi connectivity index (χ0) is 16.1. The quantitative estimate of drug-likeness (QED) is 0.312. The highest BCUT2D eigenvalue weighted by Gasteiger charge is 2.39. The summed E-state index contributed by atoms with van der Waals surface area (Å²) < 4.78 is 20.4. The van der Waals surface area contributed by atoms with Crippen LogP contribution in [-0.2, 0) is 28.5 Å². The summed E-state index contributed by atoms with van der Waals surface area (Å²) in [5.74, 6) is -1.22. The van der Waals surface area contributed by atoms with Gasteiger partial charge in [0.25, 0.3) is 0 Å². The SMILES string of the molecule is CCCOCCOC(=O)C(C)(C)C(=O)OCCOCCC. The van der Waals surface area contributed by atoms with Gasteiger partial charge in [0.15, 0.2) is 5.41 Å². The first kappa shape index (κ1) is 19.9. The lowest BCUT2D eigenvalue weighted by Crippen LogP contribution is -2.37. The van der Waals surface area contributed by atoms with Crippen molar-refractivity contribution in [2.24, 2.45) is 5.41 Å². The molecule has 0 amide bonds. The van der Waals surface area contributed by atoms with Gasteiger partial charge in [0.2, 0.25) is 0 Å². The van der Waals surface area contributed by atoms with Gasteiger partial charge in [-0.15, -0.1) is 0 Å². The van der Waals surface area contributed by atoms with E-state index in [0.717, 1.165) is 12.8 Å². The molecule has 0 fully saturated rings. The molecule has 6 nitrogen and oxygen atoms in total. The molecule has 0 radical (unpaired) electrons. The van der Waals surface area contributed by atoms with Gasteiger partial charge in [-0.25, -0.2) is 0 Å². The number of carbonyl (C=O) groups excluding carboxylic acids is 2. The summed E-state index contributed by atoms with van der Waals surface area (Å²) in [5, 5.41) is 0. The number of rotatable bonds is 12. The Bertz CT molecular complexity index is 273. The Hall–Kier alpha value is -1.14. The molecule has 0 atom stereocenters. The molecule has 0 heterocycles. The Balaban J connectivity index is 3.95. The van der Waals surface area contributed by atoms with Gasteiger partial charge in [-0.3, -0.25) is 9.59 Å². The molecule has 124 valence electrons. The van der Waals surface area contributed by atoms with Gasteiger partial charge < -0.3 is 18.9 Å². The zero-order valence-electron chi connectivity index (χ0n) is 13.6. The normalized spacial score (nSPS) is 11.2. The fourth-order valence-electron chi connectivity index (χ4n) is 1.32. The average molecular weight is 304 g/mol. The minimum Gasteiger partial charge on any atom is -0.462 e. The van der Waals surface area contributed by atoms with Crippen LogP contribution in [0.1, 0.15) is 40.5 Å². The second-order valence-electron chi connectivity index (χ2n) is 5.12. The Kier molecular flexibility index (Phi) is 10.9. The topological polar surface area (TPSA) is 71.1 Å². The standard InChI is InChI=1S/C15H28O6/c1-5-7-18-9-11-20-13(16)15(3,4)14(17)21-12-10-19-8-6-2/h5-12H2,1-4H3. The molecule has 0 aromatic carbocycles. The second-order valence-corrected chi connectivity index (χ2v) is 5.12. The third kappa shape index (κ3) is 8.67. The second kappa shape index (κ2) is 11.5. The van der Waals surface area contributed by atoms with Crippen LogP contribution in [0, 0.1) is 5.41 Å². The number of esters is 2. The first-order valence-corrected chi connectivity index (χ1v) is 7.46. The molecule has 0 rings (SSSR count). The van der Waals surface area contributed by atoms with E-state index in [1.54, 1.807) is 0 Å². The van der Waals surface area contributed by atoms with E-state index in [0.29, 0.717) is 26.4 Å². The van der Waals surface area contributed by atoms with Crippen LogP contribution in [0.25, 0.3) is 0 Å². The summed E-state index contributed by atoms with van der Waals surface area (Å²) in [7, 11) is 0. The van der Waals surface area contributed by atoms with E-state index < -0.39 is 17.4 Å². The van der Waals surface area contributed by atoms with Crippen LogP contribution in [0.2, 0.25) is 0 Å². The van der Waals surface area contributed by atoms with Gasteiger partial charge in [-0.2, -0.15) is 0 Å².